The average molecular weight is 378 g/mol. The molecule has 0 bridgehead atoms. The number of hydrogen-bond acceptors (Lipinski definition) is 3. The van der Waals surface area contributed by atoms with Crippen LogP contribution in [0.4, 0.5) is 0 Å². The minimum absolute atomic E-state index is 0.0524. The van der Waals surface area contributed by atoms with E-state index in [1.54, 1.807) is 35.2 Å². The lowest BCUT2D eigenvalue weighted by molar-refractivity contribution is 0.0650. The van der Waals surface area contributed by atoms with Crippen molar-refractivity contribution in [2.24, 2.45) is 5.92 Å². The van der Waals surface area contributed by atoms with Crippen molar-refractivity contribution in [3.8, 4) is 5.75 Å². The summed E-state index contributed by atoms with van der Waals surface area (Å²) in [6, 6.07) is 11.1. The Bertz CT molecular complexity index is 797. The van der Waals surface area contributed by atoms with Gasteiger partial charge in [-0.3, -0.25) is 9.59 Å². The minimum Gasteiger partial charge on any atom is -0.508 e. The predicted octanol–water partition coefficient (Wildman–Crippen LogP) is 4.43. The van der Waals surface area contributed by atoms with Crippen molar-refractivity contribution < 1.29 is 14.7 Å². The molecule has 1 amide bonds. The molecule has 6 heteroatoms. The number of hydrogen-bond donors (Lipinski definition) is 1. The molecule has 0 saturated carbocycles. The van der Waals surface area contributed by atoms with Crippen molar-refractivity contribution in [2.45, 2.75) is 12.8 Å². The van der Waals surface area contributed by atoms with E-state index in [0.717, 1.165) is 0 Å². The Labute approximate surface area is 156 Å². The van der Waals surface area contributed by atoms with E-state index in [0.29, 0.717) is 47.1 Å². The lowest BCUT2D eigenvalue weighted by Crippen LogP contribution is -2.40. The molecule has 1 saturated heterocycles. The monoisotopic (exact) mass is 377 g/mol. The first-order chi connectivity index (χ1) is 12.0. The zero-order valence-corrected chi connectivity index (χ0v) is 14.9. The zero-order valence-electron chi connectivity index (χ0n) is 13.4. The van der Waals surface area contributed by atoms with Gasteiger partial charge in [-0.2, -0.15) is 0 Å². The number of rotatable bonds is 3. The van der Waals surface area contributed by atoms with Crippen LogP contribution in [0.1, 0.15) is 33.6 Å². The molecule has 0 spiro atoms. The second-order valence-electron chi connectivity index (χ2n) is 6.10. The third-order valence-electron chi connectivity index (χ3n) is 4.47. The Hall–Kier alpha value is -2.04. The molecule has 0 aliphatic carbocycles. The molecule has 0 aromatic heterocycles. The number of nitrogens with zero attached hydrogens (tertiary/aromatic N) is 1. The van der Waals surface area contributed by atoms with E-state index in [1.807, 2.05) is 0 Å². The maximum Gasteiger partial charge on any atom is 0.255 e. The Morgan fingerprint density at radius 3 is 2.24 bits per heavy atom. The number of ketones is 1. The lowest BCUT2D eigenvalue weighted by Gasteiger charge is -2.31. The average Bonchev–Trinajstić information content (AvgIpc) is 2.61. The molecular weight excluding hydrogens is 361 g/mol. The number of phenols is 1. The Morgan fingerprint density at radius 1 is 1.00 bits per heavy atom. The van der Waals surface area contributed by atoms with Gasteiger partial charge < -0.3 is 10.0 Å². The van der Waals surface area contributed by atoms with Crippen molar-refractivity contribution >= 4 is 34.9 Å². The van der Waals surface area contributed by atoms with E-state index >= 15 is 0 Å². The van der Waals surface area contributed by atoms with Crippen LogP contribution in [-0.4, -0.2) is 34.8 Å². The molecule has 0 unspecified atom stereocenters. The molecule has 1 heterocycles. The van der Waals surface area contributed by atoms with Gasteiger partial charge in [0.25, 0.3) is 5.91 Å². The largest absolute Gasteiger partial charge is 0.508 e. The summed E-state index contributed by atoms with van der Waals surface area (Å²) in [5.41, 5.74) is 1.01. The number of carbonyl (C=O) groups is 2. The van der Waals surface area contributed by atoms with Crippen LogP contribution >= 0.6 is 23.2 Å². The highest BCUT2D eigenvalue weighted by Gasteiger charge is 2.29. The number of amides is 1. The Balaban J connectivity index is 1.64. The molecule has 25 heavy (non-hydrogen) atoms. The highest BCUT2D eigenvalue weighted by molar-refractivity contribution is 6.36. The van der Waals surface area contributed by atoms with Crippen molar-refractivity contribution in [3.05, 3.63) is 63.6 Å². The van der Waals surface area contributed by atoms with E-state index in [9.17, 15) is 14.7 Å². The van der Waals surface area contributed by atoms with Crippen LogP contribution in [0.15, 0.2) is 42.5 Å². The molecule has 1 aliphatic heterocycles. The van der Waals surface area contributed by atoms with Crippen LogP contribution in [0, 0.1) is 5.92 Å². The topological polar surface area (TPSA) is 57.6 Å². The maximum absolute atomic E-state index is 12.6. The molecule has 0 radical (unpaired) electrons. The van der Waals surface area contributed by atoms with E-state index < -0.39 is 0 Å². The first kappa shape index (κ1) is 17.8. The number of halogens is 2. The lowest BCUT2D eigenvalue weighted by atomic mass is 9.88. The second kappa shape index (κ2) is 7.46. The van der Waals surface area contributed by atoms with Gasteiger partial charge in [-0.25, -0.2) is 0 Å². The smallest absolute Gasteiger partial charge is 0.255 e. The van der Waals surface area contributed by atoms with Gasteiger partial charge >= 0.3 is 0 Å². The number of likely N-dealkylation sites (tertiary alicyclic amines) is 1. The Kier molecular flexibility index (Phi) is 5.30. The van der Waals surface area contributed by atoms with Crippen molar-refractivity contribution in [1.82, 2.24) is 4.90 Å². The molecule has 1 N–H and O–H groups in total. The first-order valence-corrected chi connectivity index (χ1v) is 8.79. The molecule has 1 aliphatic rings. The van der Waals surface area contributed by atoms with Crippen LogP contribution in [0.3, 0.4) is 0 Å². The van der Waals surface area contributed by atoms with Gasteiger partial charge in [0.1, 0.15) is 5.75 Å². The number of piperidine rings is 1. The number of phenolic OH excluding ortho intramolecular Hbond substituents is 1. The maximum atomic E-state index is 12.6. The number of Topliss-reactive ketones (excluding diaryl/α,β-unsaturated/α-hetero) is 1. The fourth-order valence-electron chi connectivity index (χ4n) is 3.04. The summed E-state index contributed by atoms with van der Waals surface area (Å²) >= 11 is 12.0. The van der Waals surface area contributed by atoms with Crippen molar-refractivity contribution in [1.29, 1.82) is 0 Å². The number of benzene rings is 2. The predicted molar refractivity (Wildman–Crippen MR) is 97.5 cm³/mol. The third-order valence-corrected chi connectivity index (χ3v) is 5.01. The van der Waals surface area contributed by atoms with Crippen LogP contribution in [0.2, 0.25) is 10.0 Å². The van der Waals surface area contributed by atoms with Gasteiger partial charge in [0.2, 0.25) is 0 Å². The summed E-state index contributed by atoms with van der Waals surface area (Å²) < 4.78 is 0. The van der Waals surface area contributed by atoms with Gasteiger partial charge in [-0.05, 0) is 55.3 Å². The Morgan fingerprint density at radius 2 is 1.64 bits per heavy atom. The zero-order chi connectivity index (χ0) is 18.0. The van der Waals surface area contributed by atoms with Crippen LogP contribution in [0.5, 0.6) is 5.75 Å². The van der Waals surface area contributed by atoms with Crippen LogP contribution in [-0.2, 0) is 0 Å². The molecule has 2 aromatic rings. The summed E-state index contributed by atoms with van der Waals surface area (Å²) in [5.74, 6) is -0.0695. The second-order valence-corrected chi connectivity index (χ2v) is 6.95. The van der Waals surface area contributed by atoms with Gasteiger partial charge in [-0.15, -0.1) is 0 Å². The third kappa shape index (κ3) is 3.97. The van der Waals surface area contributed by atoms with Crippen LogP contribution in [0.25, 0.3) is 0 Å². The van der Waals surface area contributed by atoms with Gasteiger partial charge in [-0.1, -0.05) is 23.2 Å². The molecule has 4 nitrogen and oxygen atoms in total. The van der Waals surface area contributed by atoms with E-state index in [1.165, 1.54) is 12.1 Å². The summed E-state index contributed by atoms with van der Waals surface area (Å²) in [6.45, 7) is 1.01. The highest BCUT2D eigenvalue weighted by atomic mass is 35.5. The standard InChI is InChI=1S/C19H17Cl2NO3/c20-14-3-6-16(17(21)11-14)19(25)22-9-7-13(8-10-22)18(24)12-1-4-15(23)5-2-12/h1-6,11,13,23H,7-10H2. The van der Waals surface area contributed by atoms with E-state index in [2.05, 4.69) is 0 Å². The van der Waals surface area contributed by atoms with E-state index in [4.69, 9.17) is 23.2 Å². The van der Waals surface area contributed by atoms with Crippen molar-refractivity contribution in [2.75, 3.05) is 13.1 Å². The van der Waals surface area contributed by atoms with E-state index in [-0.39, 0.29) is 23.4 Å². The van der Waals surface area contributed by atoms with Gasteiger partial charge in [0.05, 0.1) is 10.6 Å². The van der Waals surface area contributed by atoms with Gasteiger partial charge in [0.15, 0.2) is 5.78 Å². The minimum atomic E-state index is -0.141. The summed E-state index contributed by atoms with van der Waals surface area (Å²) in [5, 5.41) is 10.1. The summed E-state index contributed by atoms with van der Waals surface area (Å²) in [4.78, 5) is 26.8. The fourth-order valence-corrected chi connectivity index (χ4v) is 3.53. The first-order valence-electron chi connectivity index (χ1n) is 8.03. The molecule has 3 rings (SSSR count). The molecule has 2 aromatic carbocycles. The van der Waals surface area contributed by atoms with Gasteiger partial charge in [0, 0.05) is 29.6 Å². The quantitative estimate of drug-likeness (QED) is 0.804. The summed E-state index contributed by atoms with van der Waals surface area (Å²) in [6.07, 6.45) is 1.22. The van der Waals surface area contributed by atoms with Crippen LogP contribution < -0.4 is 0 Å². The molecule has 1 fully saturated rings. The number of carbonyl (C=O) groups excluding carboxylic acids is 2. The van der Waals surface area contributed by atoms with Crippen molar-refractivity contribution in [3.63, 3.8) is 0 Å². The highest BCUT2D eigenvalue weighted by Crippen LogP contribution is 2.26. The molecular formula is C19H17Cl2NO3. The SMILES string of the molecule is O=C(c1ccc(O)cc1)C1CCN(C(=O)c2ccc(Cl)cc2Cl)CC1. The fraction of sp³-hybridized carbons (Fsp3) is 0.263. The normalized spacial score (nSPS) is 15.2. The number of aromatic hydroxyl groups is 1. The molecule has 0 atom stereocenters. The summed E-state index contributed by atoms with van der Waals surface area (Å²) in [7, 11) is 0. The molecule has 130 valence electrons.